The van der Waals surface area contributed by atoms with Crippen LogP contribution in [0.1, 0.15) is 73.8 Å². The van der Waals surface area contributed by atoms with Crippen LogP contribution >= 0.6 is 18.2 Å². The molecule has 1 unspecified atom stereocenters. The Morgan fingerprint density at radius 3 is 1.83 bits per heavy atom. The van der Waals surface area contributed by atoms with Gasteiger partial charge in [-0.15, -0.1) is 0 Å². The first kappa shape index (κ1) is 58.8. The van der Waals surface area contributed by atoms with Crippen LogP contribution in [0.5, 0.6) is 11.5 Å². The lowest BCUT2D eigenvalue weighted by Gasteiger charge is -2.37. The summed E-state index contributed by atoms with van der Waals surface area (Å²) in [6.45, 7) is -1.54. The Labute approximate surface area is 484 Å². The van der Waals surface area contributed by atoms with Gasteiger partial charge in [0, 0.05) is 72.3 Å². The number of nitrogens with zero attached hydrogens (tertiary/aromatic N) is 4. The van der Waals surface area contributed by atoms with Gasteiger partial charge in [-0.3, -0.25) is 42.5 Å². The van der Waals surface area contributed by atoms with Crippen molar-refractivity contribution < 1.29 is 51.6 Å². The van der Waals surface area contributed by atoms with Gasteiger partial charge in [-0.05, 0) is 103 Å². The molecule has 5 aromatic carbocycles. The van der Waals surface area contributed by atoms with E-state index in [1.807, 2.05) is 34.9 Å². The van der Waals surface area contributed by atoms with Gasteiger partial charge in [0.2, 0.25) is 0 Å². The number of imidazole rings is 1. The molecule has 5 heterocycles. The van der Waals surface area contributed by atoms with Crippen LogP contribution in [0.3, 0.4) is 0 Å². The van der Waals surface area contributed by atoms with E-state index in [1.54, 1.807) is 136 Å². The van der Waals surface area contributed by atoms with Crippen LogP contribution < -0.4 is 37.3 Å². The van der Waals surface area contributed by atoms with Gasteiger partial charge in [0.25, 0.3) is 17.0 Å². The van der Waals surface area contributed by atoms with Gasteiger partial charge in [-0.2, -0.15) is 0 Å². The second kappa shape index (κ2) is 26.0. The molecule has 2 fully saturated rings. The minimum Gasteiger partial charge on any atom is -0.497 e. The minimum absolute atomic E-state index is 0.0656. The molecule has 24 heteroatoms. The van der Waals surface area contributed by atoms with Crippen LogP contribution in [-0.2, 0) is 44.7 Å². The van der Waals surface area contributed by atoms with Gasteiger partial charge in [0.15, 0.2) is 0 Å². The lowest BCUT2D eigenvalue weighted by atomic mass is 9.79. The molecule has 84 heavy (non-hydrogen) atoms. The number of aryl methyl sites for hydroxylation is 2. The molecule has 436 valence electrons. The number of hydrogen-bond donors (Lipinski definition) is 3. The van der Waals surface area contributed by atoms with Crippen LogP contribution in [0.4, 0.5) is 0 Å². The molecule has 3 aromatic heterocycles. The van der Waals surface area contributed by atoms with Gasteiger partial charge in [0.05, 0.1) is 39.3 Å². The van der Waals surface area contributed by atoms with Crippen molar-refractivity contribution in [3.8, 4) is 11.5 Å². The van der Waals surface area contributed by atoms with E-state index in [-0.39, 0.29) is 42.0 Å². The number of rotatable bonds is 23. The van der Waals surface area contributed by atoms with E-state index < -0.39 is 84.3 Å². The average Bonchev–Trinajstić information content (AvgIpc) is 2.81. The number of amides is 1. The number of H-pyrrole nitrogens is 2. The monoisotopic (exact) mass is 1180 g/mol. The Morgan fingerprint density at radius 2 is 1.26 bits per heavy atom. The molecule has 0 spiro atoms. The Bertz CT molecular complexity index is 3830. The lowest BCUT2D eigenvalue weighted by molar-refractivity contribution is -0.0929. The maximum absolute atomic E-state index is 15.9. The highest BCUT2D eigenvalue weighted by Gasteiger charge is 2.48. The number of hydrogen-bond acceptors (Lipinski definition) is 17. The SMILES string of the molecule is COc1ccc(C(OC[C@H]2O[C@@H](n3cc(C)c(=O)[nH]c3=O)C[C@@H]2OP(=O)(OC[C@H]2O[C@@H](n3cc(C)c(=O)[nH]c3=O)C[C@@H]2OC(=O)c2ccccc2)Sc2ccccc2)(c2ccc(OC)cc2)c2cccc(C(=O)NCCn3ccnc3)c2)cc1. The number of aromatic amines is 2. The predicted molar refractivity (Wildman–Crippen MR) is 308 cm³/mol. The van der Waals surface area contributed by atoms with Crippen LogP contribution in [0.2, 0.25) is 0 Å². The zero-order valence-corrected chi connectivity index (χ0v) is 47.8. The minimum atomic E-state index is -4.54. The number of benzene rings is 5. The smallest absolute Gasteiger partial charge is 0.394 e. The fourth-order valence-electron chi connectivity index (χ4n) is 9.98. The summed E-state index contributed by atoms with van der Waals surface area (Å²) in [6.07, 6.45) is 0.810. The first-order valence-corrected chi connectivity index (χ1v) is 29.7. The van der Waals surface area contributed by atoms with E-state index in [0.29, 0.717) is 51.7 Å². The molecule has 0 aliphatic carbocycles. The normalized spacial score (nSPS) is 19.3. The molecule has 22 nitrogen and oxygen atoms in total. The van der Waals surface area contributed by atoms with Crippen molar-refractivity contribution in [2.24, 2.45) is 0 Å². The number of aromatic nitrogens is 6. The van der Waals surface area contributed by atoms with Crippen LogP contribution in [-0.4, -0.2) is 98.9 Å². The van der Waals surface area contributed by atoms with Crippen LogP contribution in [0, 0.1) is 13.8 Å². The highest BCUT2D eigenvalue weighted by atomic mass is 32.7. The van der Waals surface area contributed by atoms with Crippen LogP contribution in [0.15, 0.2) is 189 Å². The van der Waals surface area contributed by atoms with Crippen LogP contribution in [0.25, 0.3) is 0 Å². The van der Waals surface area contributed by atoms with Gasteiger partial charge in [-0.1, -0.05) is 72.8 Å². The highest BCUT2D eigenvalue weighted by Crippen LogP contribution is 2.66. The molecule has 8 aromatic rings. The largest absolute Gasteiger partial charge is 0.497 e. The summed E-state index contributed by atoms with van der Waals surface area (Å²) >= 11 is 0.788. The third kappa shape index (κ3) is 13.3. The summed E-state index contributed by atoms with van der Waals surface area (Å²) in [5.74, 6) is 0.0619. The summed E-state index contributed by atoms with van der Waals surface area (Å²) < 4.78 is 71.1. The Balaban J connectivity index is 1.02. The van der Waals surface area contributed by atoms with Crippen molar-refractivity contribution >= 4 is 30.1 Å². The molecule has 1 amide bonds. The molecule has 10 rings (SSSR count). The van der Waals surface area contributed by atoms with Crippen molar-refractivity contribution in [3.63, 3.8) is 0 Å². The average molecular weight is 1180 g/mol. The number of carbonyl (C=O) groups is 2. The fraction of sp³-hybridized carbons (Fsp3) is 0.283. The van der Waals surface area contributed by atoms with Crippen molar-refractivity contribution in [2.45, 2.75) is 80.6 Å². The molecule has 0 radical (unpaired) electrons. The summed E-state index contributed by atoms with van der Waals surface area (Å²) in [5.41, 5.74) is -1.59. The summed E-state index contributed by atoms with van der Waals surface area (Å²) in [7, 11) is 3.10. The van der Waals surface area contributed by atoms with Crippen molar-refractivity contribution in [3.05, 3.63) is 245 Å². The Kier molecular flexibility index (Phi) is 18.2. The molecule has 0 bridgehead atoms. The zero-order chi connectivity index (χ0) is 59.0. The summed E-state index contributed by atoms with van der Waals surface area (Å²) in [6, 6.07) is 38.4. The van der Waals surface area contributed by atoms with Gasteiger partial charge >= 0.3 is 24.1 Å². The number of ether oxygens (including phenoxy) is 6. The van der Waals surface area contributed by atoms with Gasteiger partial charge < -0.3 is 38.3 Å². The molecule has 2 aliphatic rings. The van der Waals surface area contributed by atoms with Gasteiger partial charge in [0.1, 0.15) is 54.0 Å². The molecule has 2 saturated heterocycles. The van der Waals surface area contributed by atoms with Crippen molar-refractivity contribution in [1.29, 1.82) is 0 Å². The van der Waals surface area contributed by atoms with E-state index in [0.717, 1.165) is 11.4 Å². The summed E-state index contributed by atoms with van der Waals surface area (Å²) in [4.78, 5) is 88.8. The molecule has 2 aliphatic heterocycles. The molecule has 7 atom stereocenters. The third-order valence-electron chi connectivity index (χ3n) is 14.4. The first-order valence-electron chi connectivity index (χ1n) is 26.8. The van der Waals surface area contributed by atoms with E-state index >= 15 is 4.57 Å². The van der Waals surface area contributed by atoms with Gasteiger partial charge in [-0.25, -0.2) is 23.9 Å². The van der Waals surface area contributed by atoms with E-state index in [2.05, 4.69) is 20.3 Å². The summed E-state index contributed by atoms with van der Waals surface area (Å²) in [5, 5.41) is 3.00. The predicted octanol–water partition coefficient (Wildman–Crippen LogP) is 7.46. The maximum Gasteiger partial charge on any atom is 0.394 e. The second-order valence-electron chi connectivity index (χ2n) is 19.9. The van der Waals surface area contributed by atoms with Crippen molar-refractivity contribution in [2.75, 3.05) is 34.0 Å². The number of nitrogens with one attached hydrogen (secondary N) is 3. The number of methoxy groups -OCH3 is 2. The third-order valence-corrected chi connectivity index (χ3v) is 17.9. The van der Waals surface area contributed by atoms with E-state index in [9.17, 15) is 28.8 Å². The maximum atomic E-state index is 15.9. The highest BCUT2D eigenvalue weighted by molar-refractivity contribution is 8.55. The fourth-order valence-corrected chi connectivity index (χ4v) is 13.5. The quantitative estimate of drug-likeness (QED) is 0.0319. The standard InChI is InChI=1S/C60H60N7O15PS/c1-38-33-66(58(72)63-54(38)68)52-31-48(81-57(71)40-12-7-5-8-13-40)51(80-52)36-78-83(74,84-47-16-9-6-10-17-47)82-49-32-53(67-34-39(2)55(69)64-59(67)73)79-50(49)35-77-60(42-18-22-45(75-3)23-19-42,43-20-24-46(76-4)25-21-43)44-15-11-14-41(30-44)56(70)62-27-29-65-28-26-61-37-65/h5-26,28,30,33-34,37,48-53H,27,29,31-32,35-36H2,1-4H3,(H,62,70)(H,63,68,72)(H,64,69,73)/t48-,49-,50+,51+,52+,53+,83?/m0/s1. The second-order valence-corrected chi connectivity index (χ2v) is 23.8. The molecular weight excluding hydrogens is 1120 g/mol. The molecule has 3 N–H and O–H groups in total. The number of carbonyl (C=O) groups excluding carboxylic acids is 2. The Morgan fingerprint density at radius 1 is 0.702 bits per heavy atom. The topological polar surface area (TPSA) is 265 Å². The van der Waals surface area contributed by atoms with Crippen molar-refractivity contribution in [1.82, 2.24) is 34.0 Å². The lowest BCUT2D eigenvalue weighted by Crippen LogP contribution is -2.39. The zero-order valence-electron chi connectivity index (χ0n) is 46.1. The molecular formula is C60H60N7O15PS. The number of esters is 1. The Hall–Kier alpha value is -8.41. The molecule has 0 saturated carbocycles. The first-order chi connectivity index (χ1) is 40.6. The van der Waals surface area contributed by atoms with E-state index in [4.69, 9.17) is 37.5 Å². The van der Waals surface area contributed by atoms with E-state index in [1.165, 1.54) is 35.4 Å².